The Labute approximate surface area is 229 Å². The highest BCUT2D eigenvalue weighted by atomic mass is 32.2. The average Bonchev–Trinajstić information content (AvgIpc) is 2.91. The van der Waals surface area contributed by atoms with Crippen molar-refractivity contribution in [1.82, 2.24) is 5.43 Å². The molecule has 7 nitrogen and oxygen atoms in total. The first-order valence-electron chi connectivity index (χ1n) is 12.5. The fourth-order valence-electron chi connectivity index (χ4n) is 3.98. The molecular weight excluding hydrogens is 510 g/mol. The second-order valence-electron chi connectivity index (χ2n) is 9.31. The Balaban J connectivity index is 1.44. The summed E-state index contributed by atoms with van der Waals surface area (Å²) in [6, 6.07) is 29.2. The van der Waals surface area contributed by atoms with Crippen molar-refractivity contribution in [3.05, 3.63) is 125 Å². The lowest BCUT2D eigenvalue weighted by molar-refractivity contribution is -0.119. The quantitative estimate of drug-likeness (QED) is 0.211. The van der Waals surface area contributed by atoms with E-state index in [-0.39, 0.29) is 4.90 Å². The van der Waals surface area contributed by atoms with Crippen molar-refractivity contribution in [1.29, 1.82) is 0 Å². The number of aryl methyl sites for hydroxylation is 3. The smallest absolute Gasteiger partial charge is 0.264 e. The van der Waals surface area contributed by atoms with Crippen LogP contribution in [0, 0.1) is 20.8 Å². The number of carbonyl (C=O) groups excluding carboxylic acids is 1. The van der Waals surface area contributed by atoms with Gasteiger partial charge in [-0.05, 0) is 91.6 Å². The van der Waals surface area contributed by atoms with Crippen LogP contribution in [0.5, 0.6) is 5.75 Å². The minimum Gasteiger partial charge on any atom is -0.489 e. The zero-order valence-corrected chi connectivity index (χ0v) is 23.0. The highest BCUT2D eigenvalue weighted by Crippen LogP contribution is 2.26. The fourth-order valence-corrected chi connectivity index (χ4v) is 5.39. The molecule has 8 heteroatoms. The fraction of sp³-hybridized carbons (Fsp3) is 0.161. The molecule has 0 bridgehead atoms. The van der Waals surface area contributed by atoms with Gasteiger partial charge in [-0.3, -0.25) is 9.10 Å². The van der Waals surface area contributed by atoms with Gasteiger partial charge in [-0.2, -0.15) is 5.10 Å². The molecule has 0 aliphatic rings. The van der Waals surface area contributed by atoms with Crippen LogP contribution in [0.4, 0.5) is 5.69 Å². The van der Waals surface area contributed by atoms with Crippen LogP contribution in [0.2, 0.25) is 0 Å². The third-order valence-electron chi connectivity index (χ3n) is 5.92. The number of nitrogens with zero attached hydrogens (tertiary/aromatic N) is 2. The predicted octanol–water partition coefficient (Wildman–Crippen LogP) is 5.54. The van der Waals surface area contributed by atoms with Crippen LogP contribution in [0.1, 0.15) is 27.8 Å². The van der Waals surface area contributed by atoms with E-state index in [1.165, 1.54) is 6.21 Å². The largest absolute Gasteiger partial charge is 0.489 e. The maximum atomic E-state index is 13.6. The number of rotatable bonds is 10. The van der Waals surface area contributed by atoms with Gasteiger partial charge in [0.05, 0.1) is 16.8 Å². The Morgan fingerprint density at radius 1 is 0.846 bits per heavy atom. The topological polar surface area (TPSA) is 88.1 Å². The zero-order valence-electron chi connectivity index (χ0n) is 22.2. The van der Waals surface area contributed by atoms with E-state index in [0.29, 0.717) is 18.0 Å². The number of benzene rings is 4. The number of hydrogen-bond donors (Lipinski definition) is 1. The number of anilines is 1. The Morgan fingerprint density at radius 3 is 2.13 bits per heavy atom. The van der Waals surface area contributed by atoms with E-state index in [1.807, 2.05) is 81.4 Å². The van der Waals surface area contributed by atoms with Crippen LogP contribution in [-0.2, 0) is 21.4 Å². The maximum absolute atomic E-state index is 13.6. The van der Waals surface area contributed by atoms with Gasteiger partial charge in [-0.25, -0.2) is 13.8 Å². The maximum Gasteiger partial charge on any atom is 0.264 e. The summed E-state index contributed by atoms with van der Waals surface area (Å²) < 4.78 is 34.0. The number of hydrazone groups is 1. The van der Waals surface area contributed by atoms with Crippen molar-refractivity contribution >= 4 is 27.8 Å². The third-order valence-corrected chi connectivity index (χ3v) is 7.71. The molecule has 39 heavy (non-hydrogen) atoms. The molecule has 0 aliphatic heterocycles. The van der Waals surface area contributed by atoms with E-state index in [4.69, 9.17) is 4.74 Å². The Morgan fingerprint density at radius 2 is 1.49 bits per heavy atom. The Bertz CT molecular complexity index is 1530. The van der Waals surface area contributed by atoms with Gasteiger partial charge in [0.1, 0.15) is 18.9 Å². The summed E-state index contributed by atoms with van der Waals surface area (Å²) in [5, 5.41) is 4.03. The van der Waals surface area contributed by atoms with Crippen molar-refractivity contribution in [2.75, 3.05) is 10.8 Å². The van der Waals surface area contributed by atoms with Crippen LogP contribution in [-0.4, -0.2) is 27.1 Å². The molecule has 0 heterocycles. The van der Waals surface area contributed by atoms with Crippen LogP contribution in [0.3, 0.4) is 0 Å². The van der Waals surface area contributed by atoms with Gasteiger partial charge >= 0.3 is 0 Å². The molecule has 0 saturated heterocycles. The van der Waals surface area contributed by atoms with Gasteiger partial charge in [0.25, 0.3) is 15.9 Å². The molecule has 0 unspecified atom stereocenters. The molecule has 0 atom stereocenters. The zero-order chi connectivity index (χ0) is 27.8. The number of ether oxygens (including phenoxy) is 1. The van der Waals surface area contributed by atoms with Gasteiger partial charge in [-0.15, -0.1) is 0 Å². The lowest BCUT2D eigenvalue weighted by atomic mass is 10.1. The van der Waals surface area contributed by atoms with Crippen LogP contribution in [0.15, 0.2) is 107 Å². The number of amides is 1. The van der Waals surface area contributed by atoms with E-state index in [2.05, 4.69) is 10.5 Å². The van der Waals surface area contributed by atoms with Crippen LogP contribution >= 0.6 is 0 Å². The third kappa shape index (κ3) is 7.55. The molecule has 0 saturated carbocycles. The number of sulfonamides is 1. The summed E-state index contributed by atoms with van der Waals surface area (Å²) in [4.78, 5) is 13.0. The summed E-state index contributed by atoms with van der Waals surface area (Å²) in [6.45, 7) is 5.69. The van der Waals surface area contributed by atoms with E-state index < -0.39 is 22.5 Å². The second kappa shape index (κ2) is 12.4. The standard InChI is InChI=1S/C31H31N3O4S/c1-23-9-15-30(16-10-23)39(36,37)34(28-18-24(2)17-25(3)19-28)21-31(35)33-32-20-26-11-13-29(14-12-26)38-22-27-7-5-4-6-8-27/h4-20H,21-22H2,1-3H3,(H,33,35)/b32-20-. The van der Waals surface area contributed by atoms with Gasteiger partial charge in [0.15, 0.2) is 0 Å². The lowest BCUT2D eigenvalue weighted by Gasteiger charge is -2.24. The molecular formula is C31H31N3O4S. The number of hydrogen-bond acceptors (Lipinski definition) is 5. The van der Waals surface area contributed by atoms with E-state index >= 15 is 0 Å². The Hall–Kier alpha value is -4.43. The first-order valence-corrected chi connectivity index (χ1v) is 13.9. The van der Waals surface area contributed by atoms with Crippen molar-refractivity contribution in [2.45, 2.75) is 32.3 Å². The summed E-state index contributed by atoms with van der Waals surface area (Å²) in [5.41, 5.74) is 7.41. The van der Waals surface area contributed by atoms with Crippen molar-refractivity contribution < 1.29 is 17.9 Å². The molecule has 4 rings (SSSR count). The van der Waals surface area contributed by atoms with E-state index in [1.54, 1.807) is 36.4 Å². The first kappa shape index (κ1) is 27.6. The normalized spacial score (nSPS) is 11.4. The lowest BCUT2D eigenvalue weighted by Crippen LogP contribution is -2.39. The Kier molecular flexibility index (Phi) is 8.78. The highest BCUT2D eigenvalue weighted by molar-refractivity contribution is 7.92. The van der Waals surface area contributed by atoms with E-state index in [9.17, 15) is 13.2 Å². The summed E-state index contributed by atoms with van der Waals surface area (Å²) >= 11 is 0. The van der Waals surface area contributed by atoms with Crippen LogP contribution in [0.25, 0.3) is 0 Å². The molecule has 4 aromatic carbocycles. The molecule has 0 aliphatic carbocycles. The molecule has 200 valence electrons. The van der Waals surface area contributed by atoms with Crippen molar-refractivity contribution in [3.8, 4) is 5.75 Å². The molecule has 0 aromatic heterocycles. The van der Waals surface area contributed by atoms with Crippen LogP contribution < -0.4 is 14.5 Å². The van der Waals surface area contributed by atoms with Crippen molar-refractivity contribution in [2.24, 2.45) is 5.10 Å². The number of nitrogens with one attached hydrogen (secondary N) is 1. The summed E-state index contributed by atoms with van der Waals surface area (Å²) in [7, 11) is -4.00. The van der Waals surface area contributed by atoms with Gasteiger partial charge < -0.3 is 4.74 Å². The minimum atomic E-state index is -4.00. The number of carbonyl (C=O) groups is 1. The molecule has 0 fully saturated rings. The van der Waals surface area contributed by atoms with Crippen molar-refractivity contribution in [3.63, 3.8) is 0 Å². The SMILES string of the molecule is Cc1ccc(S(=O)(=O)N(CC(=O)N/N=C\c2ccc(OCc3ccccc3)cc2)c2cc(C)cc(C)c2)cc1. The van der Waals surface area contributed by atoms with Gasteiger partial charge in [-0.1, -0.05) is 54.1 Å². The first-order chi connectivity index (χ1) is 18.7. The summed E-state index contributed by atoms with van der Waals surface area (Å²) in [6.07, 6.45) is 1.49. The average molecular weight is 542 g/mol. The highest BCUT2D eigenvalue weighted by Gasteiger charge is 2.27. The minimum absolute atomic E-state index is 0.109. The molecule has 0 spiro atoms. The molecule has 0 radical (unpaired) electrons. The van der Waals surface area contributed by atoms with Gasteiger partial charge in [0, 0.05) is 0 Å². The monoisotopic (exact) mass is 541 g/mol. The molecule has 4 aromatic rings. The van der Waals surface area contributed by atoms with E-state index in [0.717, 1.165) is 32.1 Å². The second-order valence-corrected chi connectivity index (χ2v) is 11.2. The summed E-state index contributed by atoms with van der Waals surface area (Å²) in [5.74, 6) is 0.148. The van der Waals surface area contributed by atoms with Gasteiger partial charge in [0.2, 0.25) is 0 Å². The molecule has 1 N–H and O–H groups in total. The predicted molar refractivity (Wildman–Crippen MR) is 155 cm³/mol. The molecule has 1 amide bonds.